The van der Waals surface area contributed by atoms with Gasteiger partial charge >= 0.3 is 0 Å². The number of amides is 1. The van der Waals surface area contributed by atoms with Gasteiger partial charge in [-0.25, -0.2) is 4.98 Å². The summed E-state index contributed by atoms with van der Waals surface area (Å²) in [5.74, 6) is 0.897. The van der Waals surface area contributed by atoms with Crippen LogP contribution in [0.15, 0.2) is 47.1 Å². The maximum absolute atomic E-state index is 12.4. The Labute approximate surface area is 153 Å². The van der Waals surface area contributed by atoms with Gasteiger partial charge in [0.15, 0.2) is 5.69 Å². The van der Waals surface area contributed by atoms with Crippen molar-refractivity contribution in [2.45, 2.75) is 13.5 Å². The number of anilines is 1. The number of carbonyl (C=O) groups excluding carboxylic acids is 1. The van der Waals surface area contributed by atoms with E-state index < -0.39 is 5.91 Å². The van der Waals surface area contributed by atoms with E-state index in [1.807, 2.05) is 6.07 Å². The molecule has 1 aromatic carbocycles. The van der Waals surface area contributed by atoms with Gasteiger partial charge in [0.25, 0.3) is 5.91 Å². The molecule has 0 fully saturated rings. The molecule has 0 radical (unpaired) electrons. The molecule has 1 amide bonds. The molecule has 1 N–H and O–H groups in total. The van der Waals surface area contributed by atoms with E-state index in [0.29, 0.717) is 32.9 Å². The van der Waals surface area contributed by atoms with Gasteiger partial charge < -0.3 is 14.6 Å². The van der Waals surface area contributed by atoms with E-state index in [-0.39, 0.29) is 12.3 Å². The summed E-state index contributed by atoms with van der Waals surface area (Å²) < 4.78 is 10.8. The summed E-state index contributed by atoms with van der Waals surface area (Å²) in [4.78, 5) is 16.4. The lowest BCUT2D eigenvalue weighted by Crippen LogP contribution is -2.16. The molecule has 0 aliphatic rings. The minimum Gasteiger partial charge on any atom is -0.487 e. The Morgan fingerprint density at radius 3 is 2.76 bits per heavy atom. The van der Waals surface area contributed by atoms with E-state index in [1.54, 1.807) is 37.3 Å². The van der Waals surface area contributed by atoms with Crippen molar-refractivity contribution in [2.75, 3.05) is 5.32 Å². The van der Waals surface area contributed by atoms with Gasteiger partial charge in [0, 0.05) is 6.20 Å². The summed E-state index contributed by atoms with van der Waals surface area (Å²) in [6.07, 6.45) is 1.44. The third-order valence-corrected chi connectivity index (χ3v) is 3.91. The van der Waals surface area contributed by atoms with E-state index in [2.05, 4.69) is 15.5 Å². The number of halogens is 2. The highest BCUT2D eigenvalue weighted by Crippen LogP contribution is 2.25. The average molecular weight is 378 g/mol. The zero-order valence-electron chi connectivity index (χ0n) is 13.1. The average Bonchev–Trinajstić information content (AvgIpc) is 2.97. The monoisotopic (exact) mass is 377 g/mol. The second kappa shape index (κ2) is 7.55. The summed E-state index contributed by atoms with van der Waals surface area (Å²) in [7, 11) is 0. The van der Waals surface area contributed by atoms with Crippen LogP contribution in [0.3, 0.4) is 0 Å². The second-order valence-corrected chi connectivity index (χ2v) is 5.94. The molecule has 0 saturated carbocycles. The van der Waals surface area contributed by atoms with E-state index in [0.717, 1.165) is 0 Å². The first-order valence-corrected chi connectivity index (χ1v) is 8.05. The van der Waals surface area contributed by atoms with Crippen LogP contribution in [-0.2, 0) is 6.61 Å². The van der Waals surface area contributed by atoms with Crippen LogP contribution >= 0.6 is 23.2 Å². The lowest BCUT2D eigenvalue weighted by molar-refractivity contribution is 0.101. The molecule has 3 rings (SSSR count). The van der Waals surface area contributed by atoms with E-state index in [4.69, 9.17) is 32.5 Å². The fraction of sp³-hybridized carbons (Fsp3) is 0.118. The van der Waals surface area contributed by atoms with Gasteiger partial charge in [0.1, 0.15) is 23.9 Å². The quantitative estimate of drug-likeness (QED) is 0.707. The maximum Gasteiger partial charge on any atom is 0.279 e. The maximum atomic E-state index is 12.4. The number of nitrogens with zero attached hydrogens (tertiary/aromatic N) is 2. The standard InChI is InChI=1S/C17H13Cl2N3O3/c1-10-12(9-24-14-5-3-2-4-13(14)19)16(22-25-10)17(23)21-15-7-6-11(18)8-20-15/h2-8H,9H2,1H3,(H,20,21,23). The normalized spacial score (nSPS) is 10.5. The molecule has 0 aliphatic carbocycles. The number of benzene rings is 1. The van der Waals surface area contributed by atoms with Crippen LogP contribution in [0.5, 0.6) is 5.75 Å². The number of nitrogens with one attached hydrogen (secondary N) is 1. The Hall–Kier alpha value is -2.57. The molecule has 2 aromatic heterocycles. The first-order chi connectivity index (χ1) is 12.0. The Balaban J connectivity index is 1.75. The van der Waals surface area contributed by atoms with Crippen molar-refractivity contribution in [1.82, 2.24) is 10.1 Å². The number of hydrogen-bond donors (Lipinski definition) is 1. The molecule has 128 valence electrons. The van der Waals surface area contributed by atoms with Gasteiger partial charge in [0.2, 0.25) is 0 Å². The van der Waals surface area contributed by atoms with Gasteiger partial charge in [0.05, 0.1) is 15.6 Å². The molecule has 0 saturated heterocycles. The minimum atomic E-state index is -0.454. The highest BCUT2D eigenvalue weighted by Gasteiger charge is 2.21. The highest BCUT2D eigenvalue weighted by atomic mass is 35.5. The number of hydrogen-bond acceptors (Lipinski definition) is 5. The Kier molecular flexibility index (Phi) is 5.21. The molecule has 6 nitrogen and oxygen atoms in total. The molecular formula is C17H13Cl2N3O3. The smallest absolute Gasteiger partial charge is 0.279 e. The van der Waals surface area contributed by atoms with Crippen LogP contribution in [0.25, 0.3) is 0 Å². The number of para-hydroxylation sites is 1. The van der Waals surface area contributed by atoms with Crippen molar-refractivity contribution in [1.29, 1.82) is 0 Å². The third kappa shape index (κ3) is 4.10. The number of aromatic nitrogens is 2. The fourth-order valence-corrected chi connectivity index (χ4v) is 2.38. The molecule has 25 heavy (non-hydrogen) atoms. The van der Waals surface area contributed by atoms with Gasteiger partial charge in [-0.1, -0.05) is 40.5 Å². The number of ether oxygens (including phenoxy) is 1. The summed E-state index contributed by atoms with van der Waals surface area (Å²) in [6.45, 7) is 1.80. The first kappa shape index (κ1) is 17.3. The van der Waals surface area contributed by atoms with Crippen LogP contribution in [0.1, 0.15) is 21.8 Å². The number of rotatable bonds is 5. The van der Waals surface area contributed by atoms with E-state index in [9.17, 15) is 4.79 Å². The topological polar surface area (TPSA) is 77.3 Å². The van der Waals surface area contributed by atoms with Crippen LogP contribution < -0.4 is 10.1 Å². The van der Waals surface area contributed by atoms with Gasteiger partial charge in [-0.3, -0.25) is 4.79 Å². The molecule has 0 bridgehead atoms. The zero-order valence-corrected chi connectivity index (χ0v) is 14.6. The van der Waals surface area contributed by atoms with Crippen molar-refractivity contribution in [2.24, 2.45) is 0 Å². The molecule has 0 aliphatic heterocycles. The Morgan fingerprint density at radius 1 is 1.24 bits per heavy atom. The molecule has 3 aromatic rings. The van der Waals surface area contributed by atoms with Crippen molar-refractivity contribution in [3.05, 3.63) is 69.7 Å². The van der Waals surface area contributed by atoms with Crippen LogP contribution in [0, 0.1) is 6.92 Å². The number of carbonyl (C=O) groups is 1. The molecule has 0 spiro atoms. The third-order valence-electron chi connectivity index (χ3n) is 3.38. The van der Waals surface area contributed by atoms with E-state index >= 15 is 0 Å². The Bertz CT molecular complexity index is 894. The summed E-state index contributed by atoms with van der Waals surface area (Å²) in [5, 5.41) is 7.40. The summed E-state index contributed by atoms with van der Waals surface area (Å²) in [5.41, 5.74) is 0.660. The lowest BCUT2D eigenvalue weighted by atomic mass is 10.2. The first-order valence-electron chi connectivity index (χ1n) is 7.30. The second-order valence-electron chi connectivity index (χ2n) is 5.10. The van der Waals surface area contributed by atoms with Gasteiger partial charge in [-0.05, 0) is 31.2 Å². The summed E-state index contributed by atoms with van der Waals surface area (Å²) >= 11 is 11.8. The molecule has 8 heteroatoms. The fourth-order valence-electron chi connectivity index (χ4n) is 2.08. The predicted octanol–water partition coefficient (Wildman–Crippen LogP) is 4.52. The SMILES string of the molecule is Cc1onc(C(=O)Nc2ccc(Cl)cn2)c1COc1ccccc1Cl. The lowest BCUT2D eigenvalue weighted by Gasteiger charge is -2.08. The van der Waals surface area contributed by atoms with E-state index in [1.165, 1.54) is 6.20 Å². The Morgan fingerprint density at radius 2 is 2.04 bits per heavy atom. The van der Waals surface area contributed by atoms with Gasteiger partial charge in [-0.15, -0.1) is 0 Å². The predicted molar refractivity (Wildman–Crippen MR) is 94.2 cm³/mol. The molecule has 0 unspecified atom stereocenters. The molecule has 0 atom stereocenters. The van der Waals surface area contributed by atoms with Crippen LogP contribution in [-0.4, -0.2) is 16.0 Å². The number of pyridine rings is 1. The zero-order chi connectivity index (χ0) is 17.8. The highest BCUT2D eigenvalue weighted by molar-refractivity contribution is 6.32. The van der Waals surface area contributed by atoms with Crippen molar-refractivity contribution >= 4 is 34.9 Å². The minimum absolute atomic E-state index is 0.0931. The van der Waals surface area contributed by atoms with Crippen molar-refractivity contribution in [3.8, 4) is 5.75 Å². The van der Waals surface area contributed by atoms with Crippen molar-refractivity contribution in [3.63, 3.8) is 0 Å². The van der Waals surface area contributed by atoms with Crippen LogP contribution in [0.4, 0.5) is 5.82 Å². The van der Waals surface area contributed by atoms with Gasteiger partial charge in [-0.2, -0.15) is 0 Å². The largest absolute Gasteiger partial charge is 0.487 e. The van der Waals surface area contributed by atoms with Crippen LogP contribution in [0.2, 0.25) is 10.0 Å². The molecular weight excluding hydrogens is 365 g/mol. The number of aryl methyl sites for hydroxylation is 1. The molecule has 2 heterocycles. The summed E-state index contributed by atoms with van der Waals surface area (Å²) in [6, 6.07) is 10.3. The van der Waals surface area contributed by atoms with Crippen molar-refractivity contribution < 1.29 is 14.1 Å².